The Hall–Kier alpha value is -2.08. The Morgan fingerprint density at radius 1 is 1.08 bits per heavy atom. The average Bonchev–Trinajstić information content (AvgIpc) is 2.55. The van der Waals surface area contributed by atoms with Crippen LogP contribution in [0.25, 0.3) is 0 Å². The molecular weight excluding hydrogens is 318 g/mol. The van der Waals surface area contributed by atoms with E-state index < -0.39 is 5.60 Å². The first-order valence-corrected chi connectivity index (χ1v) is 8.84. The minimum absolute atomic E-state index is 0.0404. The lowest BCUT2D eigenvalue weighted by Crippen LogP contribution is -2.51. The maximum Gasteiger partial charge on any atom is 0.410 e. The van der Waals surface area contributed by atoms with E-state index in [1.807, 2.05) is 51.1 Å². The van der Waals surface area contributed by atoms with E-state index in [0.717, 1.165) is 25.2 Å². The van der Waals surface area contributed by atoms with Crippen LogP contribution in [0.3, 0.4) is 0 Å². The number of hydrogen-bond acceptors (Lipinski definition) is 4. The quantitative estimate of drug-likeness (QED) is 0.884. The van der Waals surface area contributed by atoms with Gasteiger partial charge in [0.1, 0.15) is 5.60 Å². The molecule has 1 aliphatic heterocycles. The Labute approximate surface area is 150 Å². The summed E-state index contributed by atoms with van der Waals surface area (Å²) >= 11 is 0. The Morgan fingerprint density at radius 3 is 2.32 bits per heavy atom. The number of hydrogen-bond donors (Lipinski definition) is 1. The van der Waals surface area contributed by atoms with Crippen molar-refractivity contribution in [3.8, 4) is 0 Å². The molecule has 0 atom stereocenters. The van der Waals surface area contributed by atoms with Gasteiger partial charge in [-0.1, -0.05) is 30.3 Å². The second-order valence-electron chi connectivity index (χ2n) is 7.32. The zero-order chi connectivity index (χ0) is 18.3. The standard InChI is InChI=1S/C19H29N3O3/c1-19(2,3)25-18(24)22-13-11-21(12-14-22)10-9-20-17(23)15-16-7-5-4-6-8-16/h4-8H,9-15H2,1-3H3,(H,20,23). The zero-order valence-corrected chi connectivity index (χ0v) is 15.5. The molecule has 0 radical (unpaired) electrons. The third-order valence-electron chi connectivity index (χ3n) is 3.98. The van der Waals surface area contributed by atoms with Crippen molar-refractivity contribution in [3.05, 3.63) is 35.9 Å². The van der Waals surface area contributed by atoms with Gasteiger partial charge in [0.25, 0.3) is 0 Å². The van der Waals surface area contributed by atoms with Gasteiger partial charge in [-0.05, 0) is 26.3 Å². The molecule has 0 spiro atoms. The summed E-state index contributed by atoms with van der Waals surface area (Å²) in [7, 11) is 0. The molecule has 1 aromatic carbocycles. The van der Waals surface area contributed by atoms with Crippen LogP contribution < -0.4 is 5.32 Å². The molecule has 6 nitrogen and oxygen atoms in total. The molecule has 1 fully saturated rings. The molecule has 6 heteroatoms. The van der Waals surface area contributed by atoms with Gasteiger partial charge >= 0.3 is 6.09 Å². The number of benzene rings is 1. The Balaban J connectivity index is 1.62. The van der Waals surface area contributed by atoms with E-state index in [1.165, 1.54) is 0 Å². The molecule has 25 heavy (non-hydrogen) atoms. The molecule has 0 unspecified atom stereocenters. The summed E-state index contributed by atoms with van der Waals surface area (Å²) in [6.07, 6.45) is 0.163. The van der Waals surface area contributed by atoms with E-state index in [1.54, 1.807) is 4.90 Å². The minimum Gasteiger partial charge on any atom is -0.444 e. The van der Waals surface area contributed by atoms with E-state index >= 15 is 0 Å². The third kappa shape index (κ3) is 7.13. The van der Waals surface area contributed by atoms with Crippen molar-refractivity contribution >= 4 is 12.0 Å². The highest BCUT2D eigenvalue weighted by Gasteiger charge is 2.25. The smallest absolute Gasteiger partial charge is 0.410 e. The molecule has 138 valence electrons. The number of nitrogens with one attached hydrogen (secondary N) is 1. The average molecular weight is 347 g/mol. The maximum atomic E-state index is 12.0. The van der Waals surface area contributed by atoms with Gasteiger partial charge in [-0.25, -0.2) is 4.79 Å². The number of rotatable bonds is 5. The molecule has 0 bridgehead atoms. The predicted octanol–water partition coefficient (Wildman–Crippen LogP) is 1.90. The summed E-state index contributed by atoms with van der Waals surface area (Å²) in [5.74, 6) is 0.0404. The summed E-state index contributed by atoms with van der Waals surface area (Å²) in [6.45, 7) is 9.96. The topological polar surface area (TPSA) is 61.9 Å². The molecule has 1 aliphatic rings. The highest BCUT2D eigenvalue weighted by Crippen LogP contribution is 2.11. The maximum absolute atomic E-state index is 12.0. The van der Waals surface area contributed by atoms with E-state index in [0.29, 0.717) is 26.1 Å². The predicted molar refractivity (Wildman–Crippen MR) is 97.4 cm³/mol. The van der Waals surface area contributed by atoms with Gasteiger partial charge in [-0.15, -0.1) is 0 Å². The van der Waals surface area contributed by atoms with Gasteiger partial charge in [-0.3, -0.25) is 9.69 Å². The molecule has 1 aromatic rings. The van der Waals surface area contributed by atoms with Crippen LogP contribution in [0.1, 0.15) is 26.3 Å². The Kier molecular flexibility index (Phi) is 6.82. The minimum atomic E-state index is -0.461. The van der Waals surface area contributed by atoms with Crippen molar-refractivity contribution in [1.82, 2.24) is 15.1 Å². The second-order valence-corrected chi connectivity index (χ2v) is 7.32. The van der Waals surface area contributed by atoms with Crippen molar-refractivity contribution < 1.29 is 14.3 Å². The fourth-order valence-corrected chi connectivity index (χ4v) is 2.68. The van der Waals surface area contributed by atoms with Gasteiger partial charge in [0.05, 0.1) is 6.42 Å². The third-order valence-corrected chi connectivity index (χ3v) is 3.98. The number of carbonyl (C=O) groups excluding carboxylic acids is 2. The first kappa shape index (κ1) is 19.2. The van der Waals surface area contributed by atoms with Gasteiger partial charge in [-0.2, -0.15) is 0 Å². The fourth-order valence-electron chi connectivity index (χ4n) is 2.68. The Morgan fingerprint density at radius 2 is 1.72 bits per heavy atom. The molecule has 2 rings (SSSR count). The summed E-state index contributed by atoms with van der Waals surface area (Å²) < 4.78 is 5.39. The van der Waals surface area contributed by atoms with E-state index in [4.69, 9.17) is 4.74 Å². The first-order valence-electron chi connectivity index (χ1n) is 8.84. The second kappa shape index (κ2) is 8.85. The lowest BCUT2D eigenvalue weighted by molar-refractivity contribution is -0.120. The Bertz CT molecular complexity index is 561. The van der Waals surface area contributed by atoms with Crippen LogP contribution in [-0.2, 0) is 16.0 Å². The molecular formula is C19H29N3O3. The fraction of sp³-hybridized carbons (Fsp3) is 0.579. The van der Waals surface area contributed by atoms with Crippen LogP contribution in [-0.4, -0.2) is 66.7 Å². The number of amides is 2. The van der Waals surface area contributed by atoms with Gasteiger partial charge in [0.2, 0.25) is 5.91 Å². The molecule has 1 heterocycles. The largest absolute Gasteiger partial charge is 0.444 e. The summed E-state index contributed by atoms with van der Waals surface area (Å²) in [5.41, 5.74) is 0.558. The SMILES string of the molecule is CC(C)(C)OC(=O)N1CCN(CCNC(=O)Cc2ccccc2)CC1. The van der Waals surface area contributed by atoms with Gasteiger partial charge in [0, 0.05) is 39.3 Å². The summed E-state index contributed by atoms with van der Waals surface area (Å²) in [5, 5.41) is 2.96. The number of piperazine rings is 1. The summed E-state index contributed by atoms with van der Waals surface area (Å²) in [6, 6.07) is 9.72. The van der Waals surface area contributed by atoms with E-state index in [2.05, 4.69) is 10.2 Å². The van der Waals surface area contributed by atoms with Gasteiger partial charge < -0.3 is 15.0 Å². The normalized spacial score (nSPS) is 15.7. The molecule has 0 aromatic heterocycles. The lowest BCUT2D eigenvalue weighted by atomic mass is 10.1. The van der Waals surface area contributed by atoms with Gasteiger partial charge in [0.15, 0.2) is 0 Å². The zero-order valence-electron chi connectivity index (χ0n) is 15.5. The molecule has 1 saturated heterocycles. The first-order chi connectivity index (χ1) is 11.8. The molecule has 0 saturated carbocycles. The van der Waals surface area contributed by atoms with Crippen LogP contribution in [0, 0.1) is 0 Å². The summed E-state index contributed by atoms with van der Waals surface area (Å²) in [4.78, 5) is 28.0. The van der Waals surface area contributed by atoms with E-state index in [-0.39, 0.29) is 12.0 Å². The van der Waals surface area contributed by atoms with E-state index in [9.17, 15) is 9.59 Å². The lowest BCUT2D eigenvalue weighted by Gasteiger charge is -2.35. The van der Waals surface area contributed by atoms with Crippen LogP contribution in [0.4, 0.5) is 4.79 Å². The monoisotopic (exact) mass is 347 g/mol. The molecule has 0 aliphatic carbocycles. The van der Waals surface area contributed by atoms with Crippen molar-refractivity contribution in [2.75, 3.05) is 39.3 Å². The number of carbonyl (C=O) groups is 2. The van der Waals surface area contributed by atoms with Crippen LogP contribution in [0.2, 0.25) is 0 Å². The highest BCUT2D eigenvalue weighted by molar-refractivity contribution is 5.78. The van der Waals surface area contributed by atoms with Crippen molar-refractivity contribution in [2.24, 2.45) is 0 Å². The number of nitrogens with zero attached hydrogens (tertiary/aromatic N) is 2. The molecule has 2 amide bonds. The molecule has 1 N–H and O–H groups in total. The van der Waals surface area contributed by atoms with Crippen LogP contribution >= 0.6 is 0 Å². The number of ether oxygens (including phenoxy) is 1. The van der Waals surface area contributed by atoms with Crippen molar-refractivity contribution in [1.29, 1.82) is 0 Å². The van der Waals surface area contributed by atoms with Crippen LogP contribution in [0.5, 0.6) is 0 Å². The van der Waals surface area contributed by atoms with Crippen molar-refractivity contribution in [3.63, 3.8) is 0 Å². The van der Waals surface area contributed by atoms with Crippen molar-refractivity contribution in [2.45, 2.75) is 32.8 Å². The highest BCUT2D eigenvalue weighted by atomic mass is 16.6. The van der Waals surface area contributed by atoms with Crippen LogP contribution in [0.15, 0.2) is 30.3 Å².